The van der Waals surface area contributed by atoms with Crippen molar-refractivity contribution in [3.63, 3.8) is 0 Å². The summed E-state index contributed by atoms with van der Waals surface area (Å²) in [5, 5.41) is 2.66. The molecule has 1 heterocycles. The molecule has 168 valence electrons. The fraction of sp³-hybridized carbons (Fsp3) is 0.360. The molecule has 1 aliphatic rings. The molecule has 0 spiro atoms. The van der Waals surface area contributed by atoms with Crippen LogP contribution in [0.5, 0.6) is 0 Å². The number of aryl methyl sites for hydroxylation is 1. The Kier molecular flexibility index (Phi) is 6.48. The fourth-order valence-electron chi connectivity index (χ4n) is 3.94. The van der Waals surface area contributed by atoms with E-state index in [4.69, 9.17) is 0 Å². The summed E-state index contributed by atoms with van der Waals surface area (Å²) in [6.45, 7) is 9.03. The maximum Gasteiger partial charge on any atom is 0.257 e. The van der Waals surface area contributed by atoms with Gasteiger partial charge in [0.05, 0.1) is 12.1 Å². The molecule has 4 amide bonds. The molecule has 0 aromatic heterocycles. The Labute approximate surface area is 188 Å². The summed E-state index contributed by atoms with van der Waals surface area (Å²) in [6, 6.07) is 12.9. The van der Waals surface area contributed by atoms with E-state index in [0.717, 1.165) is 10.5 Å². The van der Waals surface area contributed by atoms with Crippen molar-refractivity contribution < 1.29 is 19.2 Å². The normalized spacial score (nSPS) is 16.3. The largest absolute Gasteiger partial charge is 0.326 e. The zero-order valence-electron chi connectivity index (χ0n) is 19.1. The van der Waals surface area contributed by atoms with Gasteiger partial charge < -0.3 is 10.2 Å². The highest BCUT2D eigenvalue weighted by Gasteiger charge is 2.48. The van der Waals surface area contributed by atoms with E-state index in [9.17, 15) is 19.2 Å². The Morgan fingerprint density at radius 1 is 1.09 bits per heavy atom. The van der Waals surface area contributed by atoms with Crippen molar-refractivity contribution in [1.29, 1.82) is 0 Å². The van der Waals surface area contributed by atoms with Crippen LogP contribution in [0.15, 0.2) is 48.5 Å². The number of nitrogens with zero attached hydrogens (tertiary/aromatic N) is 2. The van der Waals surface area contributed by atoms with Gasteiger partial charge in [0.2, 0.25) is 11.8 Å². The van der Waals surface area contributed by atoms with Gasteiger partial charge in [-0.05, 0) is 63.1 Å². The zero-order chi connectivity index (χ0) is 23.6. The van der Waals surface area contributed by atoms with Gasteiger partial charge in [0.1, 0.15) is 6.04 Å². The minimum absolute atomic E-state index is 0.0761. The fourth-order valence-corrected chi connectivity index (χ4v) is 3.94. The van der Waals surface area contributed by atoms with Crippen LogP contribution in [0.4, 0.5) is 11.4 Å². The van der Waals surface area contributed by atoms with Crippen LogP contribution in [0, 0.1) is 6.92 Å². The molecule has 1 saturated heterocycles. The highest BCUT2D eigenvalue weighted by atomic mass is 16.2. The van der Waals surface area contributed by atoms with E-state index >= 15 is 0 Å². The maximum atomic E-state index is 13.6. The third kappa shape index (κ3) is 4.42. The first-order valence-electron chi connectivity index (χ1n) is 10.7. The van der Waals surface area contributed by atoms with Crippen molar-refractivity contribution in [2.45, 2.75) is 59.0 Å². The molecule has 0 saturated carbocycles. The molecule has 2 aromatic rings. The number of rotatable bonds is 6. The van der Waals surface area contributed by atoms with Crippen LogP contribution in [0.3, 0.4) is 0 Å². The molecule has 1 unspecified atom stereocenters. The molecule has 2 aromatic carbocycles. The molecule has 1 N–H and O–H groups in total. The van der Waals surface area contributed by atoms with Gasteiger partial charge in [-0.3, -0.25) is 19.2 Å². The average Bonchev–Trinajstić information content (AvgIpc) is 3.02. The molecule has 0 aliphatic carbocycles. The molecular weight excluding hydrogens is 406 g/mol. The molecule has 1 fully saturated rings. The van der Waals surface area contributed by atoms with Crippen molar-refractivity contribution in [3.8, 4) is 0 Å². The summed E-state index contributed by atoms with van der Waals surface area (Å²) >= 11 is 0. The van der Waals surface area contributed by atoms with Crippen LogP contribution in [0.2, 0.25) is 0 Å². The quantitative estimate of drug-likeness (QED) is 0.697. The molecule has 3 rings (SSSR count). The smallest absolute Gasteiger partial charge is 0.257 e. The zero-order valence-corrected chi connectivity index (χ0v) is 19.1. The summed E-state index contributed by atoms with van der Waals surface area (Å²) < 4.78 is 0. The van der Waals surface area contributed by atoms with E-state index < -0.39 is 17.5 Å². The number of carbonyl (C=O) groups excluding carboxylic acids is 4. The van der Waals surface area contributed by atoms with Gasteiger partial charge in [-0.1, -0.05) is 25.1 Å². The van der Waals surface area contributed by atoms with Crippen molar-refractivity contribution in [2.24, 2.45) is 0 Å². The lowest BCUT2D eigenvalue weighted by atomic mass is 9.94. The lowest BCUT2D eigenvalue weighted by Crippen LogP contribution is -2.55. The molecule has 1 atom stereocenters. The van der Waals surface area contributed by atoms with Gasteiger partial charge in [0.15, 0.2) is 0 Å². The van der Waals surface area contributed by atoms with Crippen LogP contribution in [0.1, 0.15) is 56.5 Å². The minimum atomic E-state index is -0.889. The van der Waals surface area contributed by atoms with Gasteiger partial charge in [0.25, 0.3) is 11.8 Å². The molecule has 7 heteroatoms. The Bertz CT molecular complexity index is 1060. The van der Waals surface area contributed by atoms with E-state index in [1.807, 2.05) is 39.8 Å². The van der Waals surface area contributed by atoms with E-state index in [2.05, 4.69) is 5.32 Å². The summed E-state index contributed by atoms with van der Waals surface area (Å²) in [6.07, 6.45) is 0.543. The predicted molar refractivity (Wildman–Crippen MR) is 123 cm³/mol. The van der Waals surface area contributed by atoms with E-state index in [0.29, 0.717) is 23.4 Å². The summed E-state index contributed by atoms with van der Waals surface area (Å²) in [5.74, 6) is -1.25. The van der Waals surface area contributed by atoms with Gasteiger partial charge in [-0.15, -0.1) is 0 Å². The van der Waals surface area contributed by atoms with Gasteiger partial charge in [-0.25, -0.2) is 4.90 Å². The number of nitrogens with one attached hydrogen (secondary N) is 1. The lowest BCUT2D eigenvalue weighted by Gasteiger charge is -2.41. The molecule has 0 bridgehead atoms. The van der Waals surface area contributed by atoms with Crippen LogP contribution in [-0.4, -0.2) is 40.1 Å². The number of hydrogen-bond acceptors (Lipinski definition) is 4. The number of carbonyl (C=O) groups is 4. The van der Waals surface area contributed by atoms with E-state index in [-0.39, 0.29) is 24.1 Å². The average molecular weight is 436 g/mol. The van der Waals surface area contributed by atoms with Gasteiger partial charge in [0, 0.05) is 23.7 Å². The molecule has 32 heavy (non-hydrogen) atoms. The Morgan fingerprint density at radius 3 is 2.28 bits per heavy atom. The van der Waals surface area contributed by atoms with Crippen molar-refractivity contribution in [2.75, 3.05) is 10.2 Å². The van der Waals surface area contributed by atoms with E-state index in [1.165, 1.54) is 6.92 Å². The number of imide groups is 1. The monoisotopic (exact) mass is 435 g/mol. The Hall–Kier alpha value is -3.48. The molecule has 0 radical (unpaired) electrons. The first-order chi connectivity index (χ1) is 15.1. The van der Waals surface area contributed by atoms with Crippen LogP contribution in [-0.2, 0) is 14.4 Å². The molecule has 7 nitrogen and oxygen atoms in total. The highest BCUT2D eigenvalue weighted by Crippen LogP contribution is 2.33. The predicted octanol–water partition coefficient (Wildman–Crippen LogP) is 3.92. The molecule has 1 aliphatic heterocycles. The van der Waals surface area contributed by atoms with Gasteiger partial charge >= 0.3 is 0 Å². The second-order valence-electron chi connectivity index (χ2n) is 8.67. The highest BCUT2D eigenvalue weighted by molar-refractivity contribution is 6.23. The van der Waals surface area contributed by atoms with Crippen molar-refractivity contribution in [1.82, 2.24) is 4.90 Å². The number of hydrogen-bond donors (Lipinski definition) is 1. The van der Waals surface area contributed by atoms with Gasteiger partial charge in [-0.2, -0.15) is 0 Å². The number of benzene rings is 2. The van der Waals surface area contributed by atoms with E-state index in [1.54, 1.807) is 41.3 Å². The van der Waals surface area contributed by atoms with Crippen molar-refractivity contribution >= 4 is 35.0 Å². The first-order valence-corrected chi connectivity index (χ1v) is 10.7. The maximum absolute atomic E-state index is 13.6. The Morgan fingerprint density at radius 2 is 1.72 bits per heavy atom. The summed E-state index contributed by atoms with van der Waals surface area (Å²) in [4.78, 5) is 53.9. The van der Waals surface area contributed by atoms with Crippen LogP contribution < -0.4 is 10.2 Å². The third-order valence-electron chi connectivity index (χ3n) is 5.99. The van der Waals surface area contributed by atoms with Crippen molar-refractivity contribution in [3.05, 3.63) is 59.7 Å². The lowest BCUT2D eigenvalue weighted by molar-refractivity contribution is -0.123. The van der Waals surface area contributed by atoms with Crippen LogP contribution in [0.25, 0.3) is 0 Å². The molecular formula is C25H29N3O4. The second kappa shape index (κ2) is 8.94. The third-order valence-corrected chi connectivity index (χ3v) is 5.99. The first kappa shape index (κ1) is 23.2. The van der Waals surface area contributed by atoms with Crippen LogP contribution >= 0.6 is 0 Å². The SMILES string of the molecule is CCC(C)(C)N(C(=O)c1ccccc1C)C1CC(=O)N(c2ccc(NC(C)=O)cc2)C1=O. The second-order valence-corrected chi connectivity index (χ2v) is 8.67. The number of amides is 4. The summed E-state index contributed by atoms with van der Waals surface area (Å²) in [7, 11) is 0. The standard InChI is InChI=1S/C25H29N3O4/c1-6-25(4,5)28(23(31)20-10-8-7-9-16(20)2)21-15-22(30)27(24(21)32)19-13-11-18(12-14-19)26-17(3)29/h7-14,21H,6,15H2,1-5H3,(H,26,29). The topological polar surface area (TPSA) is 86.8 Å². The Balaban J connectivity index is 1.96. The minimum Gasteiger partial charge on any atom is -0.326 e. The number of anilines is 2. The summed E-state index contributed by atoms with van der Waals surface area (Å²) in [5.41, 5.74) is 1.68.